The van der Waals surface area contributed by atoms with Crippen molar-refractivity contribution in [3.05, 3.63) is 153 Å². The van der Waals surface area contributed by atoms with E-state index in [1.165, 1.54) is 9.58 Å². The molecule has 446 valence electrons. The summed E-state index contributed by atoms with van der Waals surface area (Å²) < 4.78 is 24.9. The Labute approximate surface area is 484 Å². The van der Waals surface area contributed by atoms with Crippen LogP contribution in [0.2, 0.25) is 0 Å². The van der Waals surface area contributed by atoms with Crippen molar-refractivity contribution in [1.29, 1.82) is 0 Å². The predicted molar refractivity (Wildman–Crippen MR) is 310 cm³/mol. The van der Waals surface area contributed by atoms with Gasteiger partial charge in [-0.3, -0.25) is 29.8 Å². The van der Waals surface area contributed by atoms with Crippen molar-refractivity contribution in [3.8, 4) is 34.4 Å². The quantitative estimate of drug-likeness (QED) is 0.0336. The lowest BCUT2D eigenvalue weighted by atomic mass is 10.0. The Kier molecular flexibility index (Phi) is 20.0. The second kappa shape index (κ2) is 27.0. The zero-order chi connectivity index (χ0) is 61.0. The molecule has 4 amide bonds. The van der Waals surface area contributed by atoms with E-state index in [4.69, 9.17) is 30.4 Å². The molecular weight excluding hydrogens is 1090 g/mol. The molecule has 0 aliphatic carbocycles. The first-order valence-corrected chi connectivity index (χ1v) is 27.1. The van der Waals surface area contributed by atoms with Crippen molar-refractivity contribution in [2.24, 2.45) is 11.5 Å². The first-order valence-electron chi connectivity index (χ1n) is 27.1. The number of benzene rings is 4. The van der Waals surface area contributed by atoms with Gasteiger partial charge in [0.05, 0.1) is 33.9 Å². The lowest BCUT2D eigenvalue weighted by molar-refractivity contribution is -0.384. The second-order valence-electron chi connectivity index (χ2n) is 21.8. The third-order valence-corrected chi connectivity index (χ3v) is 13.2. The summed E-state index contributed by atoms with van der Waals surface area (Å²) in [6.45, 7) is 15.3. The molecule has 4 aromatic carbocycles. The van der Waals surface area contributed by atoms with Gasteiger partial charge in [-0.2, -0.15) is 0 Å². The fourth-order valence-electron chi connectivity index (χ4n) is 9.51. The van der Waals surface area contributed by atoms with Crippen LogP contribution in [0.3, 0.4) is 0 Å². The van der Waals surface area contributed by atoms with Gasteiger partial charge in [0.1, 0.15) is 34.2 Å². The maximum Gasteiger partial charge on any atom is 0.410 e. The Bertz CT molecular complexity index is 3270. The van der Waals surface area contributed by atoms with E-state index in [1.54, 1.807) is 123 Å². The average molecular weight is 1160 g/mol. The zero-order valence-electron chi connectivity index (χ0n) is 47.6. The number of likely N-dealkylation sites (tertiary alicyclic amines) is 2. The predicted octanol–water partition coefficient (Wildman–Crippen LogP) is 8.29. The molecule has 0 spiro atoms. The number of aliphatic hydroxyl groups is 2. The summed E-state index contributed by atoms with van der Waals surface area (Å²) in [6.07, 6.45) is 1.21. The molecule has 2 fully saturated rings. The number of para-hydroxylation sites is 2. The Morgan fingerprint density at radius 1 is 0.631 bits per heavy atom. The van der Waals surface area contributed by atoms with Crippen molar-refractivity contribution < 1.29 is 58.2 Å². The number of amides is 4. The molecule has 6 N–H and O–H groups in total. The number of nitrogens with zero attached hydrogens (tertiary/aromatic N) is 10. The van der Waals surface area contributed by atoms with E-state index in [2.05, 4.69) is 16.8 Å². The molecule has 2 aliphatic rings. The molecule has 0 saturated carbocycles. The summed E-state index contributed by atoms with van der Waals surface area (Å²) in [5.74, 6) is 0.0367. The molecule has 2 saturated heterocycles. The van der Waals surface area contributed by atoms with E-state index in [-0.39, 0.29) is 49.6 Å². The number of piperidine rings is 2. The number of hydrogen-bond donors (Lipinski definition) is 4. The number of primary amides is 2. The van der Waals surface area contributed by atoms with Crippen molar-refractivity contribution >= 4 is 47.0 Å². The number of aromatic nitrogens is 4. The van der Waals surface area contributed by atoms with Crippen molar-refractivity contribution in [2.45, 2.75) is 96.6 Å². The number of hydrogen-bond acceptors (Lipinski definition) is 18. The van der Waals surface area contributed by atoms with Gasteiger partial charge < -0.3 is 60.2 Å². The summed E-state index contributed by atoms with van der Waals surface area (Å²) >= 11 is 0. The second-order valence-corrected chi connectivity index (χ2v) is 21.8. The first-order chi connectivity index (χ1) is 39.9. The molecule has 4 heterocycles. The van der Waals surface area contributed by atoms with Crippen molar-refractivity contribution in [3.63, 3.8) is 0 Å². The SMILES string of the molecule is C=CCN(c1nn(-c2ccc(Oc3ccccc3)cc2)c(C(N)=O)c1[N+](=O)[O-])C1CCN(C(=O)OC(C)(C)C)CC1.CC(C)(C)OC(=O)N1CCC(N(CC(O)CO)c2nn(-c3ccc(Oc4ccccc4)cc3)c(C(N)=O)c2[N+](=O)[O-])CC1. The lowest BCUT2D eigenvalue weighted by Gasteiger charge is -2.39. The molecule has 2 aliphatic heterocycles. The fourth-order valence-corrected chi connectivity index (χ4v) is 9.51. The van der Waals surface area contributed by atoms with E-state index < -0.39 is 80.9 Å². The highest BCUT2D eigenvalue weighted by Crippen LogP contribution is 2.39. The number of carbonyl (C=O) groups is 4. The van der Waals surface area contributed by atoms with Gasteiger partial charge in [-0.25, -0.2) is 19.0 Å². The third-order valence-electron chi connectivity index (χ3n) is 13.2. The van der Waals surface area contributed by atoms with Gasteiger partial charge in [-0.1, -0.05) is 42.5 Å². The van der Waals surface area contributed by atoms with E-state index >= 15 is 0 Å². The highest BCUT2D eigenvalue weighted by Gasteiger charge is 2.41. The monoisotopic (exact) mass is 1160 g/mol. The van der Waals surface area contributed by atoms with Crippen LogP contribution in [0, 0.1) is 20.2 Å². The van der Waals surface area contributed by atoms with E-state index in [9.17, 15) is 49.6 Å². The van der Waals surface area contributed by atoms with Gasteiger partial charge in [0.25, 0.3) is 11.8 Å². The maximum atomic E-state index is 12.6. The number of nitrogens with two attached hydrogens (primary N) is 2. The van der Waals surface area contributed by atoms with Gasteiger partial charge >= 0.3 is 23.6 Å². The molecule has 0 bridgehead atoms. The van der Waals surface area contributed by atoms with Gasteiger partial charge in [0, 0.05) is 51.4 Å². The first kappa shape index (κ1) is 62.0. The summed E-state index contributed by atoms with van der Waals surface area (Å²) in [4.78, 5) is 80.0. The smallest absolute Gasteiger partial charge is 0.410 e. The number of nitro groups is 2. The fraction of sp³-hybridized carbons (Fsp3) is 0.379. The lowest BCUT2D eigenvalue weighted by Crippen LogP contribution is -2.50. The molecule has 26 nitrogen and oxygen atoms in total. The number of carbonyl (C=O) groups excluding carboxylic acids is 4. The number of ether oxygens (including phenoxy) is 4. The molecule has 26 heteroatoms. The Morgan fingerprint density at radius 3 is 1.30 bits per heavy atom. The largest absolute Gasteiger partial charge is 0.457 e. The maximum absolute atomic E-state index is 12.6. The van der Waals surface area contributed by atoms with Crippen LogP contribution >= 0.6 is 0 Å². The van der Waals surface area contributed by atoms with Crippen molar-refractivity contribution in [2.75, 3.05) is 55.7 Å². The van der Waals surface area contributed by atoms with E-state index in [0.717, 1.165) is 4.68 Å². The molecule has 0 radical (unpaired) electrons. The van der Waals surface area contributed by atoms with Gasteiger partial charge in [0.2, 0.25) is 23.0 Å². The minimum atomic E-state index is -1.26. The minimum absolute atomic E-state index is 0.00373. The van der Waals surface area contributed by atoms with Crippen molar-refractivity contribution in [1.82, 2.24) is 29.4 Å². The molecule has 1 atom stereocenters. The van der Waals surface area contributed by atoms with Gasteiger partial charge in [-0.15, -0.1) is 16.8 Å². The van der Waals surface area contributed by atoms with Crippen LogP contribution in [0.25, 0.3) is 11.4 Å². The van der Waals surface area contributed by atoms with Gasteiger partial charge in [0.15, 0.2) is 0 Å². The molecule has 8 rings (SSSR count). The summed E-state index contributed by atoms with van der Waals surface area (Å²) in [6, 6.07) is 30.7. The standard InChI is InChI=1S/C29H36N6O8.C29H34N6O6/c1-29(2,3)43-28(39)32-15-13-19(14-16-32)33(17-21(37)18-36)27-25(35(40)41)24(26(30)38)34(31-27)20-9-11-23(12-10-20)42-22-7-5-4-6-8-22;1-5-17-33(20-15-18-32(19-16-20)28(37)41-29(2,3)4)27-25(35(38)39)24(26(30)36)34(31-27)21-11-13-23(14-12-21)40-22-9-7-6-8-10-22/h4-12,19,21,36-37H,13-18H2,1-3H3,(H2,30,38);5-14,20H,1,15-19H2,2-4H3,(H2,30,36). The molecule has 6 aromatic rings. The van der Waals surface area contributed by atoms with Crippen LogP contribution in [0.4, 0.5) is 32.6 Å². The minimum Gasteiger partial charge on any atom is -0.457 e. The Hall–Kier alpha value is -9.56. The normalized spacial score (nSPS) is 14.3. The highest BCUT2D eigenvalue weighted by atomic mass is 16.6. The third kappa shape index (κ3) is 15.7. The number of rotatable bonds is 19. The van der Waals surface area contributed by atoms with Crippen LogP contribution < -0.4 is 30.7 Å². The molecule has 84 heavy (non-hydrogen) atoms. The van der Waals surface area contributed by atoms with Crippen LogP contribution in [-0.4, -0.2) is 149 Å². The van der Waals surface area contributed by atoms with Crippen LogP contribution in [0.1, 0.15) is 88.2 Å². The molecule has 1 unspecified atom stereocenters. The van der Waals surface area contributed by atoms with E-state index in [0.29, 0.717) is 73.1 Å². The van der Waals surface area contributed by atoms with E-state index in [1.807, 2.05) is 48.5 Å². The number of aliphatic hydroxyl groups excluding tert-OH is 2. The van der Waals surface area contributed by atoms with Crippen LogP contribution in [-0.2, 0) is 9.47 Å². The van der Waals surface area contributed by atoms with Crippen LogP contribution in [0.15, 0.2) is 122 Å². The highest BCUT2D eigenvalue weighted by molar-refractivity contribution is 5.99. The zero-order valence-corrected chi connectivity index (χ0v) is 47.6. The topological polar surface area (TPSA) is 333 Å². The van der Waals surface area contributed by atoms with Gasteiger partial charge in [-0.05, 0) is 140 Å². The Balaban J connectivity index is 0.000000241. The summed E-state index contributed by atoms with van der Waals surface area (Å²) in [5, 5.41) is 53.7. The molecular formula is C58H70N12O14. The molecule has 2 aromatic heterocycles. The number of anilines is 2. The summed E-state index contributed by atoms with van der Waals surface area (Å²) in [5.41, 5.74) is 8.82. The van der Waals surface area contributed by atoms with Crippen LogP contribution in [0.5, 0.6) is 23.0 Å². The Morgan fingerprint density at radius 2 is 0.976 bits per heavy atom. The summed E-state index contributed by atoms with van der Waals surface area (Å²) in [7, 11) is 0. The average Bonchev–Trinajstić information content (AvgIpc) is 2.78.